The summed E-state index contributed by atoms with van der Waals surface area (Å²) in [5.74, 6) is 0.900. The van der Waals surface area contributed by atoms with Gasteiger partial charge in [-0.3, -0.25) is 0 Å². The van der Waals surface area contributed by atoms with Gasteiger partial charge in [-0.05, 0) is 31.4 Å². The molecular formula is C12H16BNO3. The van der Waals surface area contributed by atoms with Crippen LogP contribution in [0.2, 0.25) is 0 Å². The first kappa shape index (κ1) is 10.9. The molecule has 0 radical (unpaired) electrons. The van der Waals surface area contributed by atoms with E-state index in [4.69, 9.17) is 14.0 Å². The van der Waals surface area contributed by atoms with Crippen LogP contribution in [-0.4, -0.2) is 32.5 Å². The largest absolute Gasteiger partial charge is 0.494 e. The van der Waals surface area contributed by atoms with Crippen LogP contribution in [0.25, 0.3) is 0 Å². The van der Waals surface area contributed by atoms with E-state index in [2.05, 4.69) is 5.32 Å². The van der Waals surface area contributed by atoms with Gasteiger partial charge in [0.1, 0.15) is 12.4 Å². The fourth-order valence-corrected chi connectivity index (χ4v) is 2.10. The molecular weight excluding hydrogens is 217 g/mol. The Morgan fingerprint density at radius 2 is 2.24 bits per heavy atom. The molecule has 0 atom stereocenters. The van der Waals surface area contributed by atoms with Crippen molar-refractivity contribution in [1.29, 1.82) is 0 Å². The van der Waals surface area contributed by atoms with E-state index >= 15 is 0 Å². The zero-order valence-electron chi connectivity index (χ0n) is 10.2. The first-order valence-electron chi connectivity index (χ1n) is 5.94. The second-order valence-corrected chi connectivity index (χ2v) is 5.05. The van der Waals surface area contributed by atoms with Crippen molar-refractivity contribution >= 4 is 18.3 Å². The van der Waals surface area contributed by atoms with Gasteiger partial charge in [0, 0.05) is 6.54 Å². The molecule has 0 saturated carbocycles. The predicted molar refractivity (Wildman–Crippen MR) is 66.9 cm³/mol. The summed E-state index contributed by atoms with van der Waals surface area (Å²) < 4.78 is 17.0. The molecule has 1 aromatic carbocycles. The summed E-state index contributed by atoms with van der Waals surface area (Å²) in [6, 6.07) is 6.01. The zero-order valence-corrected chi connectivity index (χ0v) is 10.2. The van der Waals surface area contributed by atoms with Crippen molar-refractivity contribution in [3.05, 3.63) is 18.2 Å². The lowest BCUT2D eigenvalue weighted by Crippen LogP contribution is -2.35. The molecule has 1 aromatic rings. The van der Waals surface area contributed by atoms with Gasteiger partial charge < -0.3 is 19.4 Å². The summed E-state index contributed by atoms with van der Waals surface area (Å²) in [7, 11) is -0.265. The number of fused-ring (bicyclic) bond motifs is 1. The maximum Gasteiger partial charge on any atom is 0.494 e. The second kappa shape index (κ2) is 3.93. The minimum atomic E-state index is -0.265. The average molecular weight is 233 g/mol. The molecule has 3 rings (SSSR count). The molecule has 1 saturated heterocycles. The highest BCUT2D eigenvalue weighted by Gasteiger charge is 2.38. The van der Waals surface area contributed by atoms with Crippen LogP contribution in [0.15, 0.2) is 18.2 Å². The van der Waals surface area contributed by atoms with Gasteiger partial charge in [0.05, 0.1) is 17.9 Å². The molecule has 4 nitrogen and oxygen atoms in total. The molecule has 17 heavy (non-hydrogen) atoms. The van der Waals surface area contributed by atoms with Crippen LogP contribution in [-0.2, 0) is 9.31 Å². The van der Waals surface area contributed by atoms with E-state index < -0.39 is 0 Å². The number of ether oxygens (including phenoxy) is 1. The van der Waals surface area contributed by atoms with Crippen molar-refractivity contribution in [2.24, 2.45) is 0 Å². The molecule has 2 aliphatic rings. The monoisotopic (exact) mass is 233 g/mol. The lowest BCUT2D eigenvalue weighted by Gasteiger charge is -2.20. The highest BCUT2D eigenvalue weighted by atomic mass is 16.7. The lowest BCUT2D eigenvalue weighted by atomic mass is 9.79. The fraction of sp³-hybridized carbons (Fsp3) is 0.500. The third kappa shape index (κ3) is 2.12. The normalized spacial score (nSPS) is 21.6. The van der Waals surface area contributed by atoms with E-state index in [9.17, 15) is 0 Å². The van der Waals surface area contributed by atoms with Crippen LogP contribution < -0.4 is 15.5 Å². The Hall–Kier alpha value is -1.20. The van der Waals surface area contributed by atoms with Gasteiger partial charge in [-0.25, -0.2) is 0 Å². The van der Waals surface area contributed by atoms with Crippen molar-refractivity contribution in [3.8, 4) is 5.75 Å². The summed E-state index contributed by atoms with van der Waals surface area (Å²) in [6.07, 6.45) is 0. The maximum absolute atomic E-state index is 5.84. The molecule has 0 aromatic heterocycles. The topological polar surface area (TPSA) is 39.7 Å². The van der Waals surface area contributed by atoms with Gasteiger partial charge in [0.2, 0.25) is 0 Å². The van der Waals surface area contributed by atoms with Gasteiger partial charge in [-0.1, -0.05) is 6.07 Å². The average Bonchev–Trinajstić information content (AvgIpc) is 2.69. The molecule has 0 bridgehead atoms. The van der Waals surface area contributed by atoms with E-state index in [1.165, 1.54) is 0 Å². The van der Waals surface area contributed by atoms with E-state index in [-0.39, 0.29) is 12.7 Å². The summed E-state index contributed by atoms with van der Waals surface area (Å²) >= 11 is 0. The van der Waals surface area contributed by atoms with Crippen molar-refractivity contribution in [3.63, 3.8) is 0 Å². The predicted octanol–water partition coefficient (Wildman–Crippen LogP) is 1.01. The molecule has 2 aliphatic heterocycles. The van der Waals surface area contributed by atoms with Gasteiger partial charge in [-0.15, -0.1) is 0 Å². The third-order valence-corrected chi connectivity index (χ3v) is 2.96. The number of hydrogen-bond acceptors (Lipinski definition) is 4. The smallest absolute Gasteiger partial charge is 0.490 e. The quantitative estimate of drug-likeness (QED) is 0.735. The zero-order chi connectivity index (χ0) is 11.9. The number of benzene rings is 1. The molecule has 2 heterocycles. The summed E-state index contributed by atoms with van der Waals surface area (Å²) in [5.41, 5.74) is 1.85. The van der Waals surface area contributed by atoms with E-state index in [1.54, 1.807) is 0 Å². The van der Waals surface area contributed by atoms with Crippen LogP contribution in [0.3, 0.4) is 0 Å². The van der Waals surface area contributed by atoms with Crippen LogP contribution in [0, 0.1) is 0 Å². The van der Waals surface area contributed by atoms with Crippen LogP contribution >= 0.6 is 0 Å². The molecule has 90 valence electrons. The number of nitrogens with one attached hydrogen (secondary N) is 1. The highest BCUT2D eigenvalue weighted by molar-refractivity contribution is 6.62. The Morgan fingerprint density at radius 1 is 1.35 bits per heavy atom. The Kier molecular flexibility index (Phi) is 2.52. The van der Waals surface area contributed by atoms with Gasteiger partial charge >= 0.3 is 7.12 Å². The molecule has 5 heteroatoms. The highest BCUT2D eigenvalue weighted by Crippen LogP contribution is 2.27. The van der Waals surface area contributed by atoms with Crippen LogP contribution in [0.1, 0.15) is 13.8 Å². The maximum atomic E-state index is 5.84. The summed E-state index contributed by atoms with van der Waals surface area (Å²) in [4.78, 5) is 0. The standard InChI is InChI=1S/C12H16BNO3/c1-12(2)8-16-13(17-12)9-3-4-11-10(7-9)14-5-6-15-11/h3-4,7,14H,5-6,8H2,1-2H3. The van der Waals surface area contributed by atoms with Crippen LogP contribution in [0.5, 0.6) is 5.75 Å². The van der Waals surface area contributed by atoms with Crippen molar-refractivity contribution in [2.45, 2.75) is 19.4 Å². The fourth-order valence-electron chi connectivity index (χ4n) is 2.10. The first-order chi connectivity index (χ1) is 8.14. The van der Waals surface area contributed by atoms with Gasteiger partial charge in [-0.2, -0.15) is 0 Å². The number of rotatable bonds is 1. The SMILES string of the molecule is CC1(C)COB(c2ccc3c(c2)NCCO3)O1. The minimum absolute atomic E-state index is 0.204. The molecule has 0 unspecified atom stereocenters. The van der Waals surface area contributed by atoms with Crippen molar-refractivity contribution in [2.75, 3.05) is 25.1 Å². The number of hydrogen-bond donors (Lipinski definition) is 1. The van der Waals surface area contributed by atoms with Crippen LogP contribution in [0.4, 0.5) is 5.69 Å². The van der Waals surface area contributed by atoms with E-state index in [0.717, 1.165) is 30.1 Å². The molecule has 1 N–H and O–H groups in total. The van der Waals surface area contributed by atoms with E-state index in [0.29, 0.717) is 6.61 Å². The third-order valence-electron chi connectivity index (χ3n) is 2.96. The molecule has 0 amide bonds. The first-order valence-corrected chi connectivity index (χ1v) is 5.94. The molecule has 1 fully saturated rings. The molecule has 0 spiro atoms. The van der Waals surface area contributed by atoms with E-state index in [1.807, 2.05) is 32.0 Å². The Labute approximate surface area is 101 Å². The summed E-state index contributed by atoms with van der Waals surface area (Å²) in [6.45, 7) is 6.25. The van der Waals surface area contributed by atoms with Crippen molar-refractivity contribution in [1.82, 2.24) is 0 Å². The Balaban J connectivity index is 1.84. The Bertz CT molecular complexity index is 436. The number of anilines is 1. The summed E-state index contributed by atoms with van der Waals surface area (Å²) in [5, 5.41) is 3.31. The Morgan fingerprint density at radius 3 is 3.00 bits per heavy atom. The molecule has 0 aliphatic carbocycles. The van der Waals surface area contributed by atoms with Gasteiger partial charge in [0.25, 0.3) is 0 Å². The van der Waals surface area contributed by atoms with Crippen molar-refractivity contribution < 1.29 is 14.0 Å². The van der Waals surface area contributed by atoms with Gasteiger partial charge in [0.15, 0.2) is 0 Å². The minimum Gasteiger partial charge on any atom is -0.490 e. The second-order valence-electron chi connectivity index (χ2n) is 5.05. The lowest BCUT2D eigenvalue weighted by molar-refractivity contribution is 0.137.